The monoisotopic (exact) mass is 390 g/mol. The molecule has 0 bridgehead atoms. The van der Waals surface area contributed by atoms with Crippen molar-refractivity contribution < 1.29 is 14.6 Å². The molecule has 0 amide bonds. The van der Waals surface area contributed by atoms with E-state index in [9.17, 15) is 4.79 Å². The number of hydrogen-bond acceptors (Lipinski definition) is 4. The first kappa shape index (κ1) is 22.2. The molecule has 1 fully saturated rings. The highest BCUT2D eigenvalue weighted by molar-refractivity contribution is 7.99. The van der Waals surface area contributed by atoms with E-state index in [-0.39, 0.29) is 12.5 Å². The number of aryl methyl sites for hydroxylation is 1. The Balaban J connectivity index is 1.72. The average Bonchev–Trinajstić information content (AvgIpc) is 3.02. The van der Waals surface area contributed by atoms with Crippen LogP contribution in [0.4, 0.5) is 0 Å². The van der Waals surface area contributed by atoms with Crippen molar-refractivity contribution >= 4 is 17.5 Å². The Morgan fingerprint density at radius 1 is 1.26 bits per heavy atom. The third kappa shape index (κ3) is 8.20. The minimum Gasteiger partial charge on any atom is -0.396 e. The molecule has 150 valence electrons. The van der Waals surface area contributed by atoms with Crippen LogP contribution in [0.1, 0.15) is 49.7 Å². The Morgan fingerprint density at radius 3 is 2.93 bits per heavy atom. The van der Waals surface area contributed by atoms with Crippen LogP contribution in [0.2, 0.25) is 0 Å². The van der Waals surface area contributed by atoms with Crippen LogP contribution in [0.25, 0.3) is 0 Å². The largest absolute Gasteiger partial charge is 0.396 e. The van der Waals surface area contributed by atoms with Gasteiger partial charge in [-0.05, 0) is 67.1 Å². The molecule has 0 aliphatic heterocycles. The number of allylic oxidation sites excluding steroid dienone is 2. The fourth-order valence-electron chi connectivity index (χ4n) is 3.73. The van der Waals surface area contributed by atoms with Crippen molar-refractivity contribution in [3.8, 4) is 0 Å². The van der Waals surface area contributed by atoms with Gasteiger partial charge in [-0.2, -0.15) is 11.8 Å². The lowest BCUT2D eigenvalue weighted by Crippen LogP contribution is -2.14. The molecule has 1 aromatic rings. The van der Waals surface area contributed by atoms with E-state index in [0.717, 1.165) is 56.5 Å². The number of ether oxygens (including phenoxy) is 1. The van der Waals surface area contributed by atoms with E-state index in [4.69, 9.17) is 9.84 Å². The maximum absolute atomic E-state index is 12.2. The van der Waals surface area contributed by atoms with Crippen molar-refractivity contribution in [2.45, 2.75) is 51.6 Å². The van der Waals surface area contributed by atoms with Crippen molar-refractivity contribution in [3.63, 3.8) is 0 Å². The summed E-state index contributed by atoms with van der Waals surface area (Å²) in [6.07, 6.45) is 11.3. The summed E-state index contributed by atoms with van der Waals surface area (Å²) in [7, 11) is 1.72. The van der Waals surface area contributed by atoms with Crippen LogP contribution in [-0.2, 0) is 22.6 Å². The summed E-state index contributed by atoms with van der Waals surface area (Å²) in [6, 6.07) is 8.58. The van der Waals surface area contributed by atoms with Crippen LogP contribution in [0, 0.1) is 11.8 Å². The molecule has 1 aliphatic carbocycles. The fraction of sp³-hybridized carbons (Fsp3) is 0.609. The van der Waals surface area contributed by atoms with Crippen molar-refractivity contribution in [1.82, 2.24) is 0 Å². The second-order valence-electron chi connectivity index (χ2n) is 7.33. The average molecular weight is 391 g/mol. The molecular formula is C23H34O3S. The number of unbranched alkanes of at least 4 members (excludes halogenated alkanes) is 1. The van der Waals surface area contributed by atoms with Gasteiger partial charge in [0, 0.05) is 26.1 Å². The molecule has 27 heavy (non-hydrogen) atoms. The smallest absolute Gasteiger partial charge is 0.136 e. The SMILES string of the molecule is COCc1cccc(CC/C=C/C2CCC(=O)[C@@H]2CCSCCCCO)c1. The maximum Gasteiger partial charge on any atom is 0.136 e. The number of methoxy groups -OCH3 is 1. The Morgan fingerprint density at radius 2 is 2.11 bits per heavy atom. The lowest BCUT2D eigenvalue weighted by Gasteiger charge is -2.14. The highest BCUT2D eigenvalue weighted by atomic mass is 32.2. The van der Waals surface area contributed by atoms with Crippen LogP contribution in [-0.4, -0.2) is 36.1 Å². The molecule has 4 heteroatoms. The number of carbonyl (C=O) groups is 1. The van der Waals surface area contributed by atoms with Gasteiger partial charge >= 0.3 is 0 Å². The van der Waals surface area contributed by atoms with Crippen LogP contribution in [0.3, 0.4) is 0 Å². The van der Waals surface area contributed by atoms with E-state index in [1.807, 2.05) is 11.8 Å². The molecule has 0 saturated heterocycles. The van der Waals surface area contributed by atoms with Crippen LogP contribution < -0.4 is 0 Å². The molecule has 1 unspecified atom stereocenters. The number of rotatable bonds is 13. The Hall–Kier alpha value is -1.10. The number of aliphatic hydroxyl groups excluding tert-OH is 1. The number of hydrogen-bond donors (Lipinski definition) is 1. The molecule has 0 radical (unpaired) electrons. The van der Waals surface area contributed by atoms with Gasteiger partial charge in [0.15, 0.2) is 0 Å². The van der Waals surface area contributed by atoms with Crippen LogP contribution in [0.5, 0.6) is 0 Å². The van der Waals surface area contributed by atoms with Crippen LogP contribution >= 0.6 is 11.8 Å². The normalized spacial score (nSPS) is 20.0. The highest BCUT2D eigenvalue weighted by Gasteiger charge is 2.32. The fourth-order valence-corrected chi connectivity index (χ4v) is 4.76. The molecule has 0 spiro atoms. The first-order valence-electron chi connectivity index (χ1n) is 10.2. The third-order valence-corrected chi connectivity index (χ3v) is 6.31. The second-order valence-corrected chi connectivity index (χ2v) is 8.55. The van der Waals surface area contributed by atoms with E-state index in [1.165, 1.54) is 11.1 Å². The molecule has 0 aromatic heterocycles. The number of carbonyl (C=O) groups excluding carboxylic acids is 1. The standard InChI is InChI=1S/C23H34O3S/c1-26-18-20-9-6-8-19(17-20)7-2-3-10-21-11-12-23(25)22(21)13-16-27-15-5-4-14-24/h3,6,8-10,17,21-22,24H,2,4-5,7,11-16,18H2,1H3/b10-3+/t21?,22-/m1/s1. The number of ketones is 1. The number of benzene rings is 1. The van der Waals surface area contributed by atoms with Crippen molar-refractivity contribution in [3.05, 3.63) is 47.5 Å². The number of Topliss-reactive ketones (excluding diaryl/α,β-unsaturated/α-hetero) is 1. The van der Waals surface area contributed by atoms with Crippen molar-refractivity contribution in [2.24, 2.45) is 11.8 Å². The zero-order valence-electron chi connectivity index (χ0n) is 16.6. The molecule has 2 atom stereocenters. The predicted octanol–water partition coefficient (Wildman–Crippen LogP) is 4.81. The van der Waals surface area contributed by atoms with Gasteiger partial charge in [0.05, 0.1) is 6.61 Å². The summed E-state index contributed by atoms with van der Waals surface area (Å²) < 4.78 is 5.20. The second kappa shape index (κ2) is 13.1. The van der Waals surface area contributed by atoms with Crippen LogP contribution in [0.15, 0.2) is 36.4 Å². The molecule has 1 aromatic carbocycles. The first-order valence-corrected chi connectivity index (χ1v) is 11.3. The molecule has 1 saturated carbocycles. The van der Waals surface area contributed by atoms with E-state index < -0.39 is 0 Å². The lowest BCUT2D eigenvalue weighted by molar-refractivity contribution is -0.121. The highest BCUT2D eigenvalue weighted by Crippen LogP contribution is 2.33. The Kier molecular flexibility index (Phi) is 10.8. The van der Waals surface area contributed by atoms with Gasteiger partial charge in [0.2, 0.25) is 0 Å². The molecular weight excluding hydrogens is 356 g/mol. The summed E-state index contributed by atoms with van der Waals surface area (Å²) in [5.41, 5.74) is 2.56. The van der Waals surface area contributed by atoms with E-state index in [2.05, 4.69) is 36.4 Å². The van der Waals surface area contributed by atoms with E-state index in [0.29, 0.717) is 18.3 Å². The van der Waals surface area contributed by atoms with Gasteiger partial charge in [-0.3, -0.25) is 4.79 Å². The van der Waals surface area contributed by atoms with Gasteiger partial charge in [-0.25, -0.2) is 0 Å². The minimum atomic E-state index is 0.219. The van der Waals surface area contributed by atoms with Crippen molar-refractivity contribution in [2.75, 3.05) is 25.2 Å². The summed E-state index contributed by atoms with van der Waals surface area (Å²) in [4.78, 5) is 12.2. The lowest BCUT2D eigenvalue weighted by atomic mass is 9.92. The topological polar surface area (TPSA) is 46.5 Å². The summed E-state index contributed by atoms with van der Waals surface area (Å²) in [5.74, 6) is 3.24. The molecule has 1 aliphatic rings. The number of aliphatic hydroxyl groups is 1. The van der Waals surface area contributed by atoms with E-state index in [1.54, 1.807) is 7.11 Å². The molecule has 1 N–H and O–H groups in total. The zero-order valence-corrected chi connectivity index (χ0v) is 17.4. The molecule has 0 heterocycles. The first-order chi connectivity index (χ1) is 13.2. The van der Waals surface area contributed by atoms with Gasteiger partial charge in [0.25, 0.3) is 0 Å². The van der Waals surface area contributed by atoms with Gasteiger partial charge < -0.3 is 9.84 Å². The quantitative estimate of drug-likeness (QED) is 0.388. The van der Waals surface area contributed by atoms with Crippen molar-refractivity contribution in [1.29, 1.82) is 0 Å². The summed E-state index contributed by atoms with van der Waals surface area (Å²) >= 11 is 1.92. The maximum atomic E-state index is 12.2. The number of thioether (sulfide) groups is 1. The molecule has 3 nitrogen and oxygen atoms in total. The third-order valence-electron chi connectivity index (χ3n) is 5.21. The predicted molar refractivity (Wildman–Crippen MR) is 114 cm³/mol. The summed E-state index contributed by atoms with van der Waals surface area (Å²) in [5, 5.41) is 8.81. The molecule has 2 rings (SSSR count). The van der Waals surface area contributed by atoms with Gasteiger partial charge in [-0.1, -0.05) is 36.4 Å². The van der Waals surface area contributed by atoms with E-state index >= 15 is 0 Å². The Bertz CT molecular complexity index is 585. The minimum absolute atomic E-state index is 0.219. The Labute approximate surface area is 168 Å². The summed E-state index contributed by atoms with van der Waals surface area (Å²) in [6.45, 7) is 0.943. The van der Waals surface area contributed by atoms with Gasteiger partial charge in [-0.15, -0.1) is 0 Å². The zero-order chi connectivity index (χ0) is 19.3. The van der Waals surface area contributed by atoms with Gasteiger partial charge in [0.1, 0.15) is 5.78 Å².